The van der Waals surface area contributed by atoms with Crippen LogP contribution in [0.25, 0.3) is 44.8 Å². The van der Waals surface area contributed by atoms with Gasteiger partial charge in [-0.15, -0.1) is 0 Å². The maximum Gasteiger partial charge on any atom is 0.221 e. The van der Waals surface area contributed by atoms with Crippen LogP contribution in [-0.4, -0.2) is 37.2 Å². The molecule has 5 rings (SSSR count). The molecule has 0 fully saturated rings. The third-order valence-corrected chi connectivity index (χ3v) is 4.87. The summed E-state index contributed by atoms with van der Waals surface area (Å²) in [4.78, 5) is 18.3. The van der Waals surface area contributed by atoms with Crippen molar-refractivity contribution in [1.82, 2.24) is 30.1 Å². The van der Waals surface area contributed by atoms with Gasteiger partial charge >= 0.3 is 0 Å². The Bertz CT molecular complexity index is 1360. The second-order valence-electron chi connectivity index (χ2n) is 6.84. The third kappa shape index (κ3) is 3.16. The van der Waals surface area contributed by atoms with Crippen molar-refractivity contribution in [1.29, 1.82) is 0 Å². The lowest BCUT2D eigenvalue weighted by Gasteiger charge is -2.08. The molecule has 5 aromatic heterocycles. The lowest BCUT2D eigenvalue weighted by atomic mass is 10.1. The van der Waals surface area contributed by atoms with E-state index in [1.54, 1.807) is 19.5 Å². The number of hydrogen-bond acceptors (Lipinski definition) is 6. The molecule has 0 bridgehead atoms. The largest absolute Gasteiger partial charge is 0.481 e. The fraction of sp³-hybridized carbons (Fsp3) is 0.0870. The predicted molar refractivity (Wildman–Crippen MR) is 115 cm³/mol. The molecule has 30 heavy (non-hydrogen) atoms. The number of aryl methyl sites for hydroxylation is 1. The highest BCUT2D eigenvalue weighted by Gasteiger charge is 2.14. The molecule has 7 nitrogen and oxygen atoms in total. The first-order valence-corrected chi connectivity index (χ1v) is 9.47. The van der Waals surface area contributed by atoms with Gasteiger partial charge in [0.25, 0.3) is 0 Å². The molecule has 0 radical (unpaired) electrons. The predicted octanol–water partition coefficient (Wildman–Crippen LogP) is 4.46. The Morgan fingerprint density at radius 3 is 2.63 bits per heavy atom. The number of nitrogens with one attached hydrogen (secondary N) is 1. The van der Waals surface area contributed by atoms with Gasteiger partial charge in [0.2, 0.25) is 5.88 Å². The SMILES string of the molecule is COc1ncccc1-c1cnc2ccc(-c3cn[nH]c3-c3cccc(C)n3)nc2c1. The van der Waals surface area contributed by atoms with Gasteiger partial charge in [0, 0.05) is 34.8 Å². The maximum absolute atomic E-state index is 5.39. The summed E-state index contributed by atoms with van der Waals surface area (Å²) in [6.45, 7) is 1.97. The van der Waals surface area contributed by atoms with Gasteiger partial charge < -0.3 is 4.74 Å². The van der Waals surface area contributed by atoms with Gasteiger partial charge in [-0.2, -0.15) is 5.10 Å². The Hall–Kier alpha value is -4.13. The molecule has 1 N–H and O–H groups in total. The van der Waals surface area contributed by atoms with Gasteiger partial charge in [0.1, 0.15) is 0 Å². The molecule has 0 aromatic carbocycles. The quantitative estimate of drug-likeness (QED) is 0.484. The summed E-state index contributed by atoms with van der Waals surface area (Å²) in [7, 11) is 1.61. The molecule has 0 atom stereocenters. The van der Waals surface area contributed by atoms with Gasteiger partial charge in [-0.25, -0.2) is 9.97 Å². The van der Waals surface area contributed by atoms with E-state index in [4.69, 9.17) is 9.72 Å². The lowest BCUT2D eigenvalue weighted by Crippen LogP contribution is -1.93. The smallest absolute Gasteiger partial charge is 0.221 e. The Morgan fingerprint density at radius 1 is 0.833 bits per heavy atom. The Morgan fingerprint density at radius 2 is 1.77 bits per heavy atom. The first-order valence-electron chi connectivity index (χ1n) is 9.47. The summed E-state index contributed by atoms with van der Waals surface area (Å²) in [6.07, 6.45) is 5.28. The van der Waals surface area contributed by atoms with Crippen molar-refractivity contribution in [2.45, 2.75) is 6.92 Å². The van der Waals surface area contributed by atoms with E-state index < -0.39 is 0 Å². The fourth-order valence-electron chi connectivity index (χ4n) is 3.43. The minimum absolute atomic E-state index is 0.553. The summed E-state index contributed by atoms with van der Waals surface area (Å²) in [5.41, 5.74) is 7.65. The number of H-pyrrole nitrogens is 1. The molecule has 5 heterocycles. The number of methoxy groups -OCH3 is 1. The van der Waals surface area contributed by atoms with Crippen LogP contribution in [0, 0.1) is 6.92 Å². The topological polar surface area (TPSA) is 89.5 Å². The van der Waals surface area contributed by atoms with E-state index in [1.807, 2.05) is 61.7 Å². The second-order valence-corrected chi connectivity index (χ2v) is 6.84. The van der Waals surface area contributed by atoms with Crippen LogP contribution in [0.3, 0.4) is 0 Å². The van der Waals surface area contributed by atoms with Crippen LogP contribution in [0.5, 0.6) is 5.88 Å². The van der Waals surface area contributed by atoms with Crippen LogP contribution in [0.2, 0.25) is 0 Å². The molecule has 7 heteroatoms. The van der Waals surface area contributed by atoms with Crippen molar-refractivity contribution in [3.63, 3.8) is 0 Å². The Balaban J connectivity index is 1.62. The normalized spacial score (nSPS) is 11.0. The molecule has 0 aliphatic carbocycles. The number of aromatic nitrogens is 6. The van der Waals surface area contributed by atoms with E-state index in [0.29, 0.717) is 5.88 Å². The summed E-state index contributed by atoms with van der Waals surface area (Å²) in [5, 5.41) is 7.28. The monoisotopic (exact) mass is 394 g/mol. The van der Waals surface area contributed by atoms with Crippen molar-refractivity contribution in [3.8, 4) is 39.7 Å². The van der Waals surface area contributed by atoms with Gasteiger partial charge in [0.15, 0.2) is 0 Å². The zero-order valence-corrected chi connectivity index (χ0v) is 16.5. The van der Waals surface area contributed by atoms with Crippen LogP contribution in [0.4, 0.5) is 0 Å². The molecular formula is C23H18N6O. The summed E-state index contributed by atoms with van der Waals surface area (Å²) < 4.78 is 5.39. The van der Waals surface area contributed by atoms with E-state index in [9.17, 15) is 0 Å². The molecule has 0 saturated carbocycles. The molecule has 0 aliphatic rings. The molecule has 5 aromatic rings. The van der Waals surface area contributed by atoms with Crippen LogP contribution in [0.15, 0.2) is 67.1 Å². The third-order valence-electron chi connectivity index (χ3n) is 4.87. The number of aromatic amines is 1. The van der Waals surface area contributed by atoms with Crippen molar-refractivity contribution < 1.29 is 4.74 Å². The first-order chi connectivity index (χ1) is 14.7. The van der Waals surface area contributed by atoms with Crippen molar-refractivity contribution in [2.75, 3.05) is 7.11 Å². The molecule has 0 amide bonds. The van der Waals surface area contributed by atoms with Crippen molar-refractivity contribution in [3.05, 3.63) is 72.8 Å². The number of fused-ring (bicyclic) bond motifs is 1. The van der Waals surface area contributed by atoms with Crippen LogP contribution >= 0.6 is 0 Å². The summed E-state index contributed by atoms with van der Waals surface area (Å²) in [6, 6.07) is 15.6. The van der Waals surface area contributed by atoms with E-state index in [0.717, 1.165) is 50.5 Å². The molecule has 0 unspecified atom stereocenters. The average Bonchev–Trinajstić information content (AvgIpc) is 3.28. The lowest BCUT2D eigenvalue weighted by molar-refractivity contribution is 0.399. The highest BCUT2D eigenvalue weighted by atomic mass is 16.5. The van der Waals surface area contributed by atoms with Gasteiger partial charge in [-0.05, 0) is 49.4 Å². The van der Waals surface area contributed by atoms with Crippen LogP contribution < -0.4 is 4.74 Å². The van der Waals surface area contributed by atoms with Gasteiger partial charge in [-0.3, -0.25) is 15.1 Å². The molecule has 146 valence electrons. The van der Waals surface area contributed by atoms with Gasteiger partial charge in [-0.1, -0.05) is 6.07 Å². The van der Waals surface area contributed by atoms with Gasteiger partial charge in [0.05, 0.1) is 41.4 Å². The number of hydrogen-bond donors (Lipinski definition) is 1. The highest BCUT2D eigenvalue weighted by Crippen LogP contribution is 2.31. The minimum atomic E-state index is 0.553. The Labute approximate surface area is 172 Å². The standard InChI is InChI=1S/C23H18N6O/c1-14-5-3-7-20(27-14)22-17(13-26-29-22)18-8-9-19-21(28-18)11-15(12-25-19)16-6-4-10-24-23(16)30-2/h3-13H,1-2H3,(H,26,29). The molecule has 0 aliphatic heterocycles. The van der Waals surface area contributed by atoms with E-state index >= 15 is 0 Å². The number of nitrogens with zero attached hydrogens (tertiary/aromatic N) is 5. The van der Waals surface area contributed by atoms with E-state index in [2.05, 4.69) is 25.1 Å². The minimum Gasteiger partial charge on any atom is -0.481 e. The zero-order valence-electron chi connectivity index (χ0n) is 16.5. The number of pyridine rings is 4. The average molecular weight is 394 g/mol. The summed E-state index contributed by atoms with van der Waals surface area (Å²) in [5.74, 6) is 0.553. The second kappa shape index (κ2) is 7.36. The number of ether oxygens (including phenoxy) is 1. The first kappa shape index (κ1) is 17.9. The molecule has 0 spiro atoms. The zero-order chi connectivity index (χ0) is 20.5. The maximum atomic E-state index is 5.39. The van der Waals surface area contributed by atoms with Crippen LogP contribution in [0.1, 0.15) is 5.69 Å². The molecule has 0 saturated heterocycles. The Kier molecular flexibility index (Phi) is 4.40. The number of rotatable bonds is 4. The fourth-order valence-corrected chi connectivity index (χ4v) is 3.43. The van der Waals surface area contributed by atoms with E-state index in [-0.39, 0.29) is 0 Å². The van der Waals surface area contributed by atoms with Crippen LogP contribution in [-0.2, 0) is 0 Å². The molecular weight excluding hydrogens is 376 g/mol. The van der Waals surface area contributed by atoms with E-state index in [1.165, 1.54) is 0 Å². The van der Waals surface area contributed by atoms with Crippen molar-refractivity contribution >= 4 is 11.0 Å². The highest BCUT2D eigenvalue weighted by molar-refractivity contribution is 5.85. The summed E-state index contributed by atoms with van der Waals surface area (Å²) >= 11 is 0. The van der Waals surface area contributed by atoms with Crippen molar-refractivity contribution in [2.24, 2.45) is 0 Å².